The lowest BCUT2D eigenvalue weighted by atomic mass is 9.98. The van der Waals surface area contributed by atoms with Crippen LogP contribution in [0.2, 0.25) is 0 Å². The zero-order chi connectivity index (χ0) is 15.4. The summed E-state index contributed by atoms with van der Waals surface area (Å²) in [6.45, 7) is 4.96. The Morgan fingerprint density at radius 3 is 2.91 bits per heavy atom. The number of nitrogens with zero attached hydrogens (tertiary/aromatic N) is 1. The summed E-state index contributed by atoms with van der Waals surface area (Å²) in [6, 6.07) is 6.06. The van der Waals surface area contributed by atoms with E-state index in [2.05, 4.69) is 37.5 Å². The van der Waals surface area contributed by atoms with E-state index in [0.717, 1.165) is 68.1 Å². The molecule has 120 valence electrons. The molecule has 0 spiro atoms. The first-order valence-electron chi connectivity index (χ1n) is 7.88. The molecule has 1 aromatic rings. The van der Waals surface area contributed by atoms with Gasteiger partial charge in [-0.15, -0.1) is 0 Å². The van der Waals surface area contributed by atoms with Gasteiger partial charge in [0.25, 0.3) is 0 Å². The van der Waals surface area contributed by atoms with Gasteiger partial charge in [0.1, 0.15) is 0 Å². The quantitative estimate of drug-likeness (QED) is 0.859. The van der Waals surface area contributed by atoms with Gasteiger partial charge in [0, 0.05) is 24.1 Å². The number of morpholine rings is 1. The molecule has 2 saturated heterocycles. The van der Waals surface area contributed by atoms with Crippen LogP contribution in [0.5, 0.6) is 0 Å². The largest absolute Gasteiger partial charge is 0.378 e. The SMILES string of the molecule is O=C(Nc1cc(Br)ccc1N1CCOCC1)C1CCCNC1. The molecule has 0 bridgehead atoms. The lowest BCUT2D eigenvalue weighted by Gasteiger charge is -2.31. The second-order valence-corrected chi connectivity index (χ2v) is 6.71. The van der Waals surface area contributed by atoms with E-state index in [1.165, 1.54) is 0 Å². The summed E-state index contributed by atoms with van der Waals surface area (Å²) >= 11 is 3.50. The Morgan fingerprint density at radius 1 is 1.36 bits per heavy atom. The molecule has 1 atom stereocenters. The van der Waals surface area contributed by atoms with E-state index in [0.29, 0.717) is 0 Å². The highest BCUT2D eigenvalue weighted by Crippen LogP contribution is 2.30. The van der Waals surface area contributed by atoms with Gasteiger partial charge >= 0.3 is 0 Å². The maximum absolute atomic E-state index is 12.5. The molecule has 1 aromatic carbocycles. The monoisotopic (exact) mass is 367 g/mol. The molecular weight excluding hydrogens is 346 g/mol. The van der Waals surface area contributed by atoms with Crippen LogP contribution in [0.1, 0.15) is 12.8 Å². The van der Waals surface area contributed by atoms with Crippen LogP contribution in [0.3, 0.4) is 0 Å². The summed E-state index contributed by atoms with van der Waals surface area (Å²) < 4.78 is 6.39. The van der Waals surface area contributed by atoms with Crippen molar-refractivity contribution >= 4 is 33.2 Å². The first-order chi connectivity index (χ1) is 10.7. The van der Waals surface area contributed by atoms with Gasteiger partial charge in [-0.05, 0) is 37.6 Å². The number of nitrogens with one attached hydrogen (secondary N) is 2. The van der Waals surface area contributed by atoms with Gasteiger partial charge in [0.15, 0.2) is 0 Å². The lowest BCUT2D eigenvalue weighted by Crippen LogP contribution is -2.39. The predicted molar refractivity (Wildman–Crippen MR) is 91.4 cm³/mol. The number of halogens is 1. The Balaban J connectivity index is 1.76. The summed E-state index contributed by atoms with van der Waals surface area (Å²) in [5.74, 6) is 0.171. The Bertz CT molecular complexity index is 526. The van der Waals surface area contributed by atoms with Crippen LogP contribution in [-0.2, 0) is 9.53 Å². The number of piperidine rings is 1. The van der Waals surface area contributed by atoms with Crippen LogP contribution in [-0.4, -0.2) is 45.3 Å². The van der Waals surface area contributed by atoms with E-state index in [4.69, 9.17) is 4.74 Å². The Morgan fingerprint density at radius 2 is 2.18 bits per heavy atom. The lowest BCUT2D eigenvalue weighted by molar-refractivity contribution is -0.120. The number of rotatable bonds is 3. The fraction of sp³-hybridized carbons (Fsp3) is 0.562. The van der Waals surface area contributed by atoms with Crippen LogP contribution in [0.25, 0.3) is 0 Å². The molecule has 0 radical (unpaired) electrons. The van der Waals surface area contributed by atoms with Crippen molar-refractivity contribution in [1.29, 1.82) is 0 Å². The average Bonchev–Trinajstić information content (AvgIpc) is 2.56. The minimum Gasteiger partial charge on any atom is -0.378 e. The number of hydrogen-bond acceptors (Lipinski definition) is 4. The average molecular weight is 368 g/mol. The van der Waals surface area contributed by atoms with Crippen LogP contribution in [0.4, 0.5) is 11.4 Å². The van der Waals surface area contributed by atoms with Crippen LogP contribution in [0.15, 0.2) is 22.7 Å². The number of hydrogen-bond donors (Lipinski definition) is 2. The van der Waals surface area contributed by atoms with Gasteiger partial charge in [-0.1, -0.05) is 15.9 Å². The number of carbonyl (C=O) groups excluding carboxylic acids is 1. The molecule has 2 aliphatic heterocycles. The fourth-order valence-electron chi connectivity index (χ4n) is 3.00. The Kier molecular flexibility index (Phi) is 5.33. The molecule has 2 fully saturated rings. The van der Waals surface area contributed by atoms with Gasteiger partial charge in [0.2, 0.25) is 5.91 Å². The number of benzene rings is 1. The molecule has 0 aromatic heterocycles. The number of ether oxygens (including phenoxy) is 1. The van der Waals surface area contributed by atoms with Crippen LogP contribution in [0, 0.1) is 5.92 Å². The molecule has 0 saturated carbocycles. The zero-order valence-corrected chi connectivity index (χ0v) is 14.2. The van der Waals surface area contributed by atoms with E-state index in [9.17, 15) is 4.79 Å². The second-order valence-electron chi connectivity index (χ2n) is 5.79. The zero-order valence-electron chi connectivity index (χ0n) is 12.6. The van der Waals surface area contributed by atoms with Gasteiger partial charge in [-0.3, -0.25) is 4.79 Å². The van der Waals surface area contributed by atoms with Gasteiger partial charge < -0.3 is 20.3 Å². The van der Waals surface area contributed by atoms with Gasteiger partial charge in [0.05, 0.1) is 30.5 Å². The standard InChI is InChI=1S/C16H22BrN3O2/c17-13-3-4-15(20-6-8-22-9-7-20)14(10-13)19-16(21)12-2-1-5-18-11-12/h3-4,10,12,18H,1-2,5-9,11H2,(H,19,21). The second kappa shape index (κ2) is 7.44. The number of anilines is 2. The topological polar surface area (TPSA) is 53.6 Å². The summed E-state index contributed by atoms with van der Waals surface area (Å²) in [4.78, 5) is 14.8. The Hall–Kier alpha value is -1.11. The molecule has 2 aliphatic rings. The maximum Gasteiger partial charge on any atom is 0.228 e. The smallest absolute Gasteiger partial charge is 0.228 e. The molecule has 5 nitrogen and oxygen atoms in total. The van der Waals surface area contributed by atoms with E-state index in [1.54, 1.807) is 0 Å². The number of amides is 1. The minimum absolute atomic E-state index is 0.0604. The van der Waals surface area contributed by atoms with Crippen molar-refractivity contribution in [3.05, 3.63) is 22.7 Å². The van der Waals surface area contributed by atoms with Crippen molar-refractivity contribution in [2.24, 2.45) is 5.92 Å². The summed E-state index contributed by atoms with van der Waals surface area (Å²) in [5.41, 5.74) is 1.95. The highest BCUT2D eigenvalue weighted by molar-refractivity contribution is 9.10. The maximum atomic E-state index is 12.5. The molecule has 22 heavy (non-hydrogen) atoms. The Labute approximate surface area is 139 Å². The molecule has 2 N–H and O–H groups in total. The number of carbonyl (C=O) groups is 1. The minimum atomic E-state index is 0.0604. The summed E-state index contributed by atoms with van der Waals surface area (Å²) in [6.07, 6.45) is 2.02. The van der Waals surface area contributed by atoms with Crippen molar-refractivity contribution in [3.63, 3.8) is 0 Å². The van der Waals surface area contributed by atoms with Crippen molar-refractivity contribution in [2.75, 3.05) is 49.6 Å². The summed E-state index contributed by atoms with van der Waals surface area (Å²) in [7, 11) is 0. The third-order valence-electron chi connectivity index (χ3n) is 4.24. The highest BCUT2D eigenvalue weighted by atomic mass is 79.9. The van der Waals surface area contributed by atoms with Crippen molar-refractivity contribution in [2.45, 2.75) is 12.8 Å². The third kappa shape index (κ3) is 3.80. The third-order valence-corrected chi connectivity index (χ3v) is 4.73. The summed E-state index contributed by atoms with van der Waals surface area (Å²) in [5, 5.41) is 6.42. The van der Waals surface area contributed by atoms with Gasteiger partial charge in [-0.2, -0.15) is 0 Å². The molecule has 1 amide bonds. The van der Waals surface area contributed by atoms with E-state index >= 15 is 0 Å². The van der Waals surface area contributed by atoms with Crippen molar-refractivity contribution < 1.29 is 9.53 Å². The molecule has 2 heterocycles. The van der Waals surface area contributed by atoms with Crippen LogP contribution < -0.4 is 15.5 Å². The fourth-order valence-corrected chi connectivity index (χ4v) is 3.36. The molecule has 3 rings (SSSR count). The van der Waals surface area contributed by atoms with E-state index in [1.807, 2.05) is 12.1 Å². The van der Waals surface area contributed by atoms with Crippen LogP contribution >= 0.6 is 15.9 Å². The molecule has 1 unspecified atom stereocenters. The first kappa shape index (κ1) is 15.8. The van der Waals surface area contributed by atoms with Gasteiger partial charge in [-0.25, -0.2) is 0 Å². The molecular formula is C16H22BrN3O2. The molecule has 0 aliphatic carbocycles. The van der Waals surface area contributed by atoms with Crippen molar-refractivity contribution in [1.82, 2.24) is 5.32 Å². The first-order valence-corrected chi connectivity index (χ1v) is 8.67. The molecule has 6 heteroatoms. The normalized spacial score (nSPS) is 22.4. The predicted octanol–water partition coefficient (Wildman–Crippen LogP) is 2.22. The van der Waals surface area contributed by atoms with E-state index in [-0.39, 0.29) is 11.8 Å². The van der Waals surface area contributed by atoms with Crippen molar-refractivity contribution in [3.8, 4) is 0 Å². The van der Waals surface area contributed by atoms with E-state index < -0.39 is 0 Å². The highest BCUT2D eigenvalue weighted by Gasteiger charge is 2.23.